The van der Waals surface area contributed by atoms with Crippen molar-refractivity contribution in [2.45, 2.75) is 13.0 Å². The maximum Gasteiger partial charge on any atom is 0.263 e. The van der Waals surface area contributed by atoms with Crippen LogP contribution in [0.5, 0.6) is 5.75 Å². The molecule has 1 aliphatic heterocycles. The smallest absolute Gasteiger partial charge is 0.263 e. The quantitative estimate of drug-likeness (QED) is 0.599. The van der Waals surface area contributed by atoms with E-state index in [-0.39, 0.29) is 5.91 Å². The summed E-state index contributed by atoms with van der Waals surface area (Å²) in [5, 5.41) is 9.35. The largest absolute Gasteiger partial charge is 0.481 e. The first-order chi connectivity index (χ1) is 15.0. The van der Waals surface area contributed by atoms with Crippen molar-refractivity contribution in [1.29, 1.82) is 0 Å². The van der Waals surface area contributed by atoms with E-state index in [9.17, 15) is 9.18 Å². The van der Waals surface area contributed by atoms with Crippen LogP contribution in [0, 0.1) is 5.82 Å². The van der Waals surface area contributed by atoms with E-state index in [2.05, 4.69) is 15.1 Å². The van der Waals surface area contributed by atoms with Gasteiger partial charge < -0.3 is 14.5 Å². The van der Waals surface area contributed by atoms with Crippen molar-refractivity contribution < 1.29 is 13.9 Å². The molecule has 1 amide bonds. The minimum Gasteiger partial charge on any atom is -0.481 e. The van der Waals surface area contributed by atoms with Crippen molar-refractivity contribution in [2.24, 2.45) is 0 Å². The van der Waals surface area contributed by atoms with Crippen LogP contribution in [-0.2, 0) is 4.79 Å². The molecular weight excluding hydrogens is 419 g/mol. The highest BCUT2D eigenvalue weighted by Crippen LogP contribution is 2.21. The van der Waals surface area contributed by atoms with Crippen LogP contribution in [0.2, 0.25) is 5.02 Å². The monoisotopic (exact) mass is 440 g/mol. The predicted molar refractivity (Wildman–Crippen MR) is 118 cm³/mol. The minimum absolute atomic E-state index is 0.118. The third-order valence-corrected chi connectivity index (χ3v) is 5.41. The number of halogens is 2. The molecule has 6 nitrogen and oxygen atoms in total. The Kier molecular flexibility index (Phi) is 6.32. The lowest BCUT2D eigenvalue weighted by molar-refractivity contribution is -0.138. The number of hydrogen-bond acceptors (Lipinski definition) is 5. The highest BCUT2D eigenvalue weighted by molar-refractivity contribution is 6.30. The summed E-state index contributed by atoms with van der Waals surface area (Å²) in [4.78, 5) is 16.6. The first kappa shape index (κ1) is 21.1. The molecule has 8 heteroatoms. The lowest BCUT2D eigenvalue weighted by atomic mass is 10.1. The molecule has 3 aromatic rings. The molecule has 0 saturated carbocycles. The van der Waals surface area contributed by atoms with E-state index in [0.717, 1.165) is 17.1 Å². The van der Waals surface area contributed by atoms with Gasteiger partial charge in [-0.15, -0.1) is 10.2 Å². The van der Waals surface area contributed by atoms with Crippen LogP contribution in [0.25, 0.3) is 11.3 Å². The van der Waals surface area contributed by atoms with Gasteiger partial charge in [-0.2, -0.15) is 0 Å². The molecule has 2 heterocycles. The van der Waals surface area contributed by atoms with Crippen molar-refractivity contribution in [2.75, 3.05) is 31.1 Å². The molecule has 1 aromatic heterocycles. The second-order valence-electron chi connectivity index (χ2n) is 7.31. The Hall–Kier alpha value is -3.19. The Balaban J connectivity index is 1.32. The molecule has 0 aliphatic carbocycles. The first-order valence-electron chi connectivity index (χ1n) is 10.1. The number of carbonyl (C=O) groups is 1. The summed E-state index contributed by atoms with van der Waals surface area (Å²) in [6.07, 6.45) is -0.688. The summed E-state index contributed by atoms with van der Waals surface area (Å²) in [5.74, 6) is 0.603. The Morgan fingerprint density at radius 1 is 1.03 bits per heavy atom. The second-order valence-corrected chi connectivity index (χ2v) is 7.75. The van der Waals surface area contributed by atoms with Crippen molar-refractivity contribution in [3.05, 3.63) is 71.5 Å². The van der Waals surface area contributed by atoms with E-state index in [4.69, 9.17) is 16.3 Å². The maximum atomic E-state index is 13.3. The van der Waals surface area contributed by atoms with E-state index >= 15 is 0 Å². The molecule has 0 N–H and O–H groups in total. The molecule has 1 atom stereocenters. The second kappa shape index (κ2) is 9.31. The number of hydrogen-bond donors (Lipinski definition) is 0. The van der Waals surface area contributed by atoms with Crippen LogP contribution >= 0.6 is 11.6 Å². The Bertz CT molecular complexity index is 1040. The molecule has 0 bridgehead atoms. The molecule has 1 aliphatic rings. The Labute approximate surface area is 185 Å². The summed E-state index contributed by atoms with van der Waals surface area (Å²) in [6.45, 7) is 4.08. The van der Waals surface area contributed by atoms with Crippen molar-refractivity contribution in [3.63, 3.8) is 0 Å². The van der Waals surface area contributed by atoms with Gasteiger partial charge in [0, 0.05) is 42.8 Å². The Morgan fingerprint density at radius 2 is 1.77 bits per heavy atom. The van der Waals surface area contributed by atoms with E-state index in [1.165, 1.54) is 12.1 Å². The summed E-state index contributed by atoms with van der Waals surface area (Å²) < 4.78 is 18.9. The zero-order valence-electron chi connectivity index (χ0n) is 17.0. The van der Waals surface area contributed by atoms with Crippen molar-refractivity contribution in [1.82, 2.24) is 15.1 Å². The topological polar surface area (TPSA) is 58.6 Å². The molecular formula is C23H22ClFN4O2. The number of ether oxygens (including phenoxy) is 1. The zero-order chi connectivity index (χ0) is 21.8. The third kappa shape index (κ3) is 5.11. The van der Waals surface area contributed by atoms with Crippen LogP contribution in [0.3, 0.4) is 0 Å². The number of rotatable bonds is 5. The van der Waals surface area contributed by atoms with Gasteiger partial charge >= 0.3 is 0 Å². The molecule has 1 fully saturated rings. The minimum atomic E-state index is -0.688. The van der Waals surface area contributed by atoms with E-state index in [0.29, 0.717) is 37.0 Å². The van der Waals surface area contributed by atoms with Gasteiger partial charge in [0.2, 0.25) is 0 Å². The average Bonchev–Trinajstić information content (AvgIpc) is 2.79. The van der Waals surface area contributed by atoms with Crippen molar-refractivity contribution in [3.8, 4) is 17.0 Å². The van der Waals surface area contributed by atoms with Gasteiger partial charge in [-0.25, -0.2) is 4.39 Å². The zero-order valence-corrected chi connectivity index (χ0v) is 17.8. The first-order valence-corrected chi connectivity index (χ1v) is 10.4. The predicted octanol–water partition coefficient (Wildman–Crippen LogP) is 4.05. The van der Waals surface area contributed by atoms with Crippen LogP contribution in [0.15, 0.2) is 60.7 Å². The fourth-order valence-corrected chi connectivity index (χ4v) is 3.60. The molecule has 1 saturated heterocycles. The SMILES string of the molecule is CC(Oc1cccc(F)c1)C(=O)N1CCN(c2ccc(-c3ccc(Cl)cc3)nn2)CC1. The molecule has 31 heavy (non-hydrogen) atoms. The summed E-state index contributed by atoms with van der Waals surface area (Å²) in [7, 11) is 0. The number of carbonyl (C=O) groups excluding carboxylic acids is 1. The van der Waals surface area contributed by atoms with Gasteiger partial charge in [-0.05, 0) is 43.3 Å². The lowest BCUT2D eigenvalue weighted by Crippen LogP contribution is -2.52. The fraction of sp³-hybridized carbons (Fsp3) is 0.261. The normalized spacial score (nSPS) is 14.9. The van der Waals surface area contributed by atoms with Crippen molar-refractivity contribution >= 4 is 23.3 Å². The van der Waals surface area contributed by atoms with E-state index in [1.807, 2.05) is 36.4 Å². The van der Waals surface area contributed by atoms with Crippen LogP contribution < -0.4 is 9.64 Å². The Morgan fingerprint density at radius 3 is 2.42 bits per heavy atom. The molecule has 0 spiro atoms. The summed E-state index contributed by atoms with van der Waals surface area (Å²) in [5.41, 5.74) is 1.73. The number of amides is 1. The van der Waals surface area contributed by atoms with Gasteiger partial charge in [0.05, 0.1) is 5.69 Å². The summed E-state index contributed by atoms with van der Waals surface area (Å²) in [6, 6.07) is 17.1. The lowest BCUT2D eigenvalue weighted by Gasteiger charge is -2.36. The number of nitrogens with zero attached hydrogens (tertiary/aromatic N) is 4. The number of anilines is 1. The average molecular weight is 441 g/mol. The van der Waals surface area contributed by atoms with Gasteiger partial charge in [-0.1, -0.05) is 29.8 Å². The summed E-state index contributed by atoms with van der Waals surface area (Å²) >= 11 is 5.93. The van der Waals surface area contributed by atoms with Gasteiger partial charge in [0.25, 0.3) is 5.91 Å². The molecule has 2 aromatic carbocycles. The standard InChI is InChI=1S/C23H22ClFN4O2/c1-16(31-20-4-2-3-19(25)15-20)23(30)29-13-11-28(12-14-29)22-10-9-21(26-27-22)17-5-7-18(24)8-6-17/h2-10,15-16H,11-14H2,1H3. The van der Waals surface area contributed by atoms with Crippen LogP contribution in [-0.4, -0.2) is 53.3 Å². The van der Waals surface area contributed by atoms with Crippen LogP contribution in [0.1, 0.15) is 6.92 Å². The molecule has 0 radical (unpaired) electrons. The van der Waals surface area contributed by atoms with E-state index in [1.54, 1.807) is 24.0 Å². The third-order valence-electron chi connectivity index (χ3n) is 5.16. The highest BCUT2D eigenvalue weighted by Gasteiger charge is 2.26. The number of piperazine rings is 1. The molecule has 4 rings (SSSR count). The van der Waals surface area contributed by atoms with Gasteiger partial charge in [0.15, 0.2) is 11.9 Å². The molecule has 1 unspecified atom stereocenters. The maximum absolute atomic E-state index is 13.3. The van der Waals surface area contributed by atoms with Gasteiger partial charge in [-0.3, -0.25) is 4.79 Å². The van der Waals surface area contributed by atoms with E-state index < -0.39 is 11.9 Å². The molecule has 160 valence electrons. The highest BCUT2D eigenvalue weighted by atomic mass is 35.5. The van der Waals surface area contributed by atoms with Crippen LogP contribution in [0.4, 0.5) is 10.2 Å². The number of aromatic nitrogens is 2. The van der Waals surface area contributed by atoms with Gasteiger partial charge in [0.1, 0.15) is 11.6 Å². The number of benzene rings is 2. The fourth-order valence-electron chi connectivity index (χ4n) is 3.48.